The number of anilines is 1. The fourth-order valence-corrected chi connectivity index (χ4v) is 2.90. The zero-order valence-electron chi connectivity index (χ0n) is 11.9. The Balaban J connectivity index is 1.73. The topological polar surface area (TPSA) is 46.3 Å². The van der Waals surface area contributed by atoms with Crippen LogP contribution < -0.4 is 5.73 Å². The van der Waals surface area contributed by atoms with Crippen molar-refractivity contribution in [1.82, 2.24) is 4.90 Å². The average molecular weight is 318 g/mol. The fourth-order valence-electron chi connectivity index (χ4n) is 2.73. The van der Waals surface area contributed by atoms with Crippen LogP contribution in [0.5, 0.6) is 0 Å². The number of rotatable bonds is 3. The van der Waals surface area contributed by atoms with E-state index in [2.05, 4.69) is 6.07 Å². The summed E-state index contributed by atoms with van der Waals surface area (Å²) in [5.41, 5.74) is 8.30. The van der Waals surface area contributed by atoms with Crippen LogP contribution in [-0.4, -0.2) is 23.9 Å². The van der Waals surface area contributed by atoms with Crippen molar-refractivity contribution in [2.75, 3.05) is 18.8 Å². The molecule has 5 heteroatoms. The number of amides is 1. The van der Waals surface area contributed by atoms with Crippen LogP contribution in [0.4, 0.5) is 10.1 Å². The van der Waals surface area contributed by atoms with Gasteiger partial charge in [-0.15, -0.1) is 0 Å². The summed E-state index contributed by atoms with van der Waals surface area (Å²) in [6.07, 6.45) is 1.36. The van der Waals surface area contributed by atoms with Gasteiger partial charge in [0.2, 0.25) is 0 Å². The molecule has 3 nitrogen and oxygen atoms in total. The lowest BCUT2D eigenvalue weighted by molar-refractivity contribution is 0.0742. The molecule has 22 heavy (non-hydrogen) atoms. The van der Waals surface area contributed by atoms with Gasteiger partial charge in [-0.3, -0.25) is 4.79 Å². The molecule has 0 atom stereocenters. The summed E-state index contributed by atoms with van der Waals surface area (Å²) in [4.78, 5) is 14.3. The minimum atomic E-state index is -0.475. The first-order valence-electron chi connectivity index (χ1n) is 7.08. The Morgan fingerprint density at radius 3 is 2.91 bits per heavy atom. The molecule has 1 radical (unpaired) electrons. The summed E-state index contributed by atoms with van der Waals surface area (Å²) in [5.74, 6) is -0.503. The summed E-state index contributed by atoms with van der Waals surface area (Å²) in [5, 5.41) is 0.558. The lowest BCUT2D eigenvalue weighted by atomic mass is 9.98. The van der Waals surface area contributed by atoms with Crippen LogP contribution in [0.1, 0.15) is 21.5 Å². The van der Waals surface area contributed by atoms with Crippen molar-refractivity contribution in [3.05, 3.63) is 63.9 Å². The van der Waals surface area contributed by atoms with Crippen LogP contribution in [0.3, 0.4) is 0 Å². The maximum atomic E-state index is 13.3. The number of benzene rings is 2. The molecular weight excluding hydrogens is 303 g/mol. The highest BCUT2D eigenvalue weighted by Gasteiger charge is 2.24. The Morgan fingerprint density at radius 1 is 1.32 bits per heavy atom. The van der Waals surface area contributed by atoms with Crippen molar-refractivity contribution in [1.29, 1.82) is 0 Å². The quantitative estimate of drug-likeness (QED) is 0.884. The van der Waals surface area contributed by atoms with Gasteiger partial charge in [0, 0.05) is 35.4 Å². The second-order valence-corrected chi connectivity index (χ2v) is 5.82. The van der Waals surface area contributed by atoms with Crippen molar-refractivity contribution < 1.29 is 9.18 Å². The van der Waals surface area contributed by atoms with Gasteiger partial charge in [-0.05, 0) is 48.2 Å². The van der Waals surface area contributed by atoms with Crippen LogP contribution in [0.25, 0.3) is 0 Å². The molecule has 0 saturated carbocycles. The molecule has 1 aliphatic rings. The second kappa shape index (κ2) is 5.97. The number of halogens is 2. The minimum Gasteiger partial charge on any atom is -0.398 e. The summed E-state index contributed by atoms with van der Waals surface area (Å²) >= 11 is 5.97. The highest BCUT2D eigenvalue weighted by molar-refractivity contribution is 6.31. The minimum absolute atomic E-state index is 0.0281. The summed E-state index contributed by atoms with van der Waals surface area (Å²) in [7, 11) is 0. The van der Waals surface area contributed by atoms with Gasteiger partial charge in [-0.2, -0.15) is 0 Å². The first kappa shape index (κ1) is 14.9. The monoisotopic (exact) mass is 317 g/mol. The molecule has 1 aliphatic heterocycles. The Kier molecular flexibility index (Phi) is 4.03. The highest BCUT2D eigenvalue weighted by Crippen LogP contribution is 2.23. The fraction of sp³-hybridized carbons (Fsp3) is 0.235. The zero-order valence-corrected chi connectivity index (χ0v) is 12.7. The molecule has 113 valence electrons. The summed E-state index contributed by atoms with van der Waals surface area (Å²) in [6.45, 7) is 1.18. The third-order valence-electron chi connectivity index (χ3n) is 3.83. The van der Waals surface area contributed by atoms with Gasteiger partial charge < -0.3 is 10.6 Å². The van der Waals surface area contributed by atoms with Gasteiger partial charge in [-0.1, -0.05) is 17.7 Å². The van der Waals surface area contributed by atoms with Crippen molar-refractivity contribution in [3.8, 4) is 0 Å². The van der Waals surface area contributed by atoms with Crippen LogP contribution in [0, 0.1) is 11.9 Å². The van der Waals surface area contributed by atoms with Crippen LogP contribution in [0.2, 0.25) is 5.02 Å². The van der Waals surface area contributed by atoms with Gasteiger partial charge in [0.15, 0.2) is 0 Å². The molecular formula is C17H15ClFN2O. The first-order valence-corrected chi connectivity index (χ1v) is 7.45. The Morgan fingerprint density at radius 2 is 2.14 bits per heavy atom. The van der Waals surface area contributed by atoms with Crippen molar-refractivity contribution >= 4 is 23.2 Å². The molecule has 2 aromatic carbocycles. The SMILES string of the molecule is Nc1[c]c(F)cc(CCN2CCc3ccc(Cl)cc3C2=O)c1. The second-order valence-electron chi connectivity index (χ2n) is 5.39. The molecule has 0 aliphatic carbocycles. The number of hydrogen-bond acceptors (Lipinski definition) is 2. The van der Waals surface area contributed by atoms with E-state index in [-0.39, 0.29) is 11.6 Å². The average Bonchev–Trinajstić information content (AvgIpc) is 2.46. The molecule has 1 heterocycles. The van der Waals surface area contributed by atoms with E-state index >= 15 is 0 Å². The third kappa shape index (κ3) is 3.07. The lowest BCUT2D eigenvalue weighted by Gasteiger charge is -2.28. The number of nitrogens with two attached hydrogens (primary N) is 1. The predicted octanol–water partition coefficient (Wildman–Crippen LogP) is 3.10. The highest BCUT2D eigenvalue weighted by atomic mass is 35.5. The molecule has 0 aromatic heterocycles. The van der Waals surface area contributed by atoms with Crippen LogP contribution >= 0.6 is 11.6 Å². The Bertz CT molecular complexity index is 712. The molecule has 1 amide bonds. The van der Waals surface area contributed by atoms with Gasteiger partial charge in [-0.25, -0.2) is 4.39 Å². The van der Waals surface area contributed by atoms with Crippen molar-refractivity contribution in [2.24, 2.45) is 0 Å². The van der Waals surface area contributed by atoms with E-state index in [1.165, 1.54) is 6.07 Å². The molecule has 0 bridgehead atoms. The van der Waals surface area contributed by atoms with E-state index in [0.717, 1.165) is 17.5 Å². The zero-order chi connectivity index (χ0) is 15.7. The van der Waals surface area contributed by atoms with Gasteiger partial charge >= 0.3 is 0 Å². The van der Waals surface area contributed by atoms with Gasteiger partial charge in [0.1, 0.15) is 5.82 Å². The van der Waals surface area contributed by atoms with E-state index in [9.17, 15) is 9.18 Å². The molecule has 3 rings (SSSR count). The van der Waals surface area contributed by atoms with Gasteiger partial charge in [0.05, 0.1) is 0 Å². The van der Waals surface area contributed by atoms with Crippen molar-refractivity contribution in [2.45, 2.75) is 12.8 Å². The number of fused-ring (bicyclic) bond motifs is 1. The van der Waals surface area contributed by atoms with E-state index in [4.69, 9.17) is 17.3 Å². The van der Waals surface area contributed by atoms with Crippen molar-refractivity contribution in [3.63, 3.8) is 0 Å². The lowest BCUT2D eigenvalue weighted by Crippen LogP contribution is -2.38. The number of nitrogen functional groups attached to an aromatic ring is 1. The largest absolute Gasteiger partial charge is 0.398 e. The maximum absolute atomic E-state index is 13.3. The predicted molar refractivity (Wildman–Crippen MR) is 84.4 cm³/mol. The first-order chi connectivity index (χ1) is 10.5. The van der Waals surface area contributed by atoms with Gasteiger partial charge in [0.25, 0.3) is 5.91 Å². The van der Waals surface area contributed by atoms with E-state index in [1.54, 1.807) is 23.1 Å². The normalized spacial score (nSPS) is 14.1. The molecule has 0 unspecified atom stereocenters. The molecule has 0 spiro atoms. The number of carbonyl (C=O) groups is 1. The molecule has 2 N–H and O–H groups in total. The van der Waals surface area contributed by atoms with E-state index in [1.807, 2.05) is 6.07 Å². The summed E-state index contributed by atoms with van der Waals surface area (Å²) < 4.78 is 13.3. The maximum Gasteiger partial charge on any atom is 0.254 e. The van der Waals surface area contributed by atoms with Crippen LogP contribution in [-0.2, 0) is 12.8 Å². The summed E-state index contributed by atoms with van der Waals surface area (Å²) in [6, 6.07) is 10.9. The molecule has 0 fully saturated rings. The van der Waals surface area contributed by atoms with Crippen LogP contribution in [0.15, 0.2) is 30.3 Å². The number of carbonyl (C=O) groups excluding carboxylic acids is 1. The Hall–Kier alpha value is -2.07. The number of nitrogens with zero attached hydrogens (tertiary/aromatic N) is 1. The standard InChI is InChI=1S/C17H15ClFN2O/c18-13-2-1-12-4-6-21(17(22)16(12)9-13)5-3-11-7-14(19)10-15(20)8-11/h1-2,7-9H,3-6,20H2. The molecule has 0 saturated heterocycles. The smallest absolute Gasteiger partial charge is 0.254 e. The van der Waals surface area contributed by atoms with E-state index in [0.29, 0.717) is 30.1 Å². The number of hydrogen-bond donors (Lipinski definition) is 1. The third-order valence-corrected chi connectivity index (χ3v) is 4.06. The molecule has 2 aromatic rings. The van der Waals surface area contributed by atoms with E-state index < -0.39 is 5.82 Å². The Labute approximate surface area is 133 Å².